The Hall–Kier alpha value is -2.92. The van der Waals surface area contributed by atoms with E-state index < -0.39 is 6.10 Å². The number of ether oxygens (including phenoxy) is 1. The molecule has 5 nitrogen and oxygen atoms in total. The van der Waals surface area contributed by atoms with Crippen LogP contribution in [0.5, 0.6) is 0 Å². The topological polar surface area (TPSA) is 55.6 Å². The van der Waals surface area contributed by atoms with Crippen molar-refractivity contribution in [3.63, 3.8) is 0 Å². The highest BCUT2D eigenvalue weighted by atomic mass is 16.5. The minimum absolute atomic E-state index is 0.0374. The molecule has 0 bridgehead atoms. The predicted octanol–water partition coefficient (Wildman–Crippen LogP) is 3.61. The van der Waals surface area contributed by atoms with Crippen molar-refractivity contribution >= 4 is 5.91 Å². The molecule has 0 unspecified atom stereocenters. The zero-order valence-corrected chi connectivity index (χ0v) is 14.6. The maximum absolute atomic E-state index is 13.1. The van der Waals surface area contributed by atoms with Gasteiger partial charge >= 0.3 is 0 Å². The molecule has 0 N–H and O–H groups in total. The van der Waals surface area contributed by atoms with Crippen LogP contribution in [0.1, 0.15) is 23.0 Å². The van der Waals surface area contributed by atoms with E-state index in [1.54, 1.807) is 7.11 Å². The Morgan fingerprint density at radius 3 is 2.50 bits per heavy atom. The lowest BCUT2D eigenvalue weighted by Gasteiger charge is -2.29. The van der Waals surface area contributed by atoms with Crippen LogP contribution < -0.4 is 0 Å². The molecule has 0 aliphatic carbocycles. The standard InChI is InChI=1S/C21H20N2O3/c1-25-20(16-10-6-3-7-11-16)21(24)23-13-12-18-17(14-23)19(22-26-18)15-8-4-2-5-9-15/h2-11,20H,12-14H2,1H3/t20-/m1/s1. The molecule has 0 fully saturated rings. The first-order chi connectivity index (χ1) is 12.8. The summed E-state index contributed by atoms with van der Waals surface area (Å²) in [6.45, 7) is 1.08. The molecule has 2 aromatic carbocycles. The lowest BCUT2D eigenvalue weighted by atomic mass is 10.00. The number of nitrogens with zero attached hydrogens (tertiary/aromatic N) is 2. The van der Waals surface area contributed by atoms with E-state index in [1.807, 2.05) is 65.6 Å². The van der Waals surface area contributed by atoms with Crippen LogP contribution in [0.4, 0.5) is 0 Å². The second-order valence-corrected chi connectivity index (χ2v) is 6.34. The molecule has 1 aromatic heterocycles. The zero-order valence-electron chi connectivity index (χ0n) is 14.6. The number of hydrogen-bond donors (Lipinski definition) is 0. The average molecular weight is 348 g/mol. The van der Waals surface area contributed by atoms with Gasteiger partial charge in [0.05, 0.1) is 6.54 Å². The van der Waals surface area contributed by atoms with E-state index >= 15 is 0 Å². The smallest absolute Gasteiger partial charge is 0.256 e. The summed E-state index contributed by atoms with van der Waals surface area (Å²) in [5, 5.41) is 4.24. The second kappa shape index (κ2) is 7.14. The van der Waals surface area contributed by atoms with Crippen LogP contribution in [-0.4, -0.2) is 29.6 Å². The third kappa shape index (κ3) is 3.02. The Labute approximate surface area is 152 Å². The summed E-state index contributed by atoms with van der Waals surface area (Å²) < 4.78 is 11.0. The monoisotopic (exact) mass is 348 g/mol. The van der Waals surface area contributed by atoms with Gasteiger partial charge in [-0.15, -0.1) is 0 Å². The van der Waals surface area contributed by atoms with Crippen LogP contribution in [0.2, 0.25) is 0 Å². The molecule has 4 rings (SSSR count). The number of carbonyl (C=O) groups is 1. The van der Waals surface area contributed by atoms with E-state index in [4.69, 9.17) is 9.26 Å². The number of carbonyl (C=O) groups excluding carboxylic acids is 1. The van der Waals surface area contributed by atoms with E-state index in [-0.39, 0.29) is 5.91 Å². The van der Waals surface area contributed by atoms with Crippen LogP contribution in [0.15, 0.2) is 65.2 Å². The highest BCUT2D eigenvalue weighted by Gasteiger charge is 2.31. The molecule has 0 radical (unpaired) electrons. The molecule has 0 spiro atoms. The molecule has 0 saturated heterocycles. The van der Waals surface area contributed by atoms with Crippen LogP contribution in [-0.2, 0) is 22.5 Å². The fourth-order valence-corrected chi connectivity index (χ4v) is 3.39. The number of fused-ring (bicyclic) bond motifs is 1. The van der Waals surface area contributed by atoms with Crippen molar-refractivity contribution in [1.29, 1.82) is 0 Å². The molecule has 5 heteroatoms. The van der Waals surface area contributed by atoms with Crippen LogP contribution in [0.25, 0.3) is 11.3 Å². The van der Waals surface area contributed by atoms with Crippen molar-refractivity contribution in [3.05, 3.63) is 77.6 Å². The van der Waals surface area contributed by atoms with Crippen molar-refractivity contribution in [2.24, 2.45) is 0 Å². The van der Waals surface area contributed by atoms with Gasteiger partial charge in [0.25, 0.3) is 5.91 Å². The first kappa shape index (κ1) is 16.5. The maximum atomic E-state index is 13.1. The third-order valence-corrected chi connectivity index (χ3v) is 4.75. The summed E-state index contributed by atoms with van der Waals surface area (Å²) >= 11 is 0. The van der Waals surface area contributed by atoms with Gasteiger partial charge < -0.3 is 14.2 Å². The lowest BCUT2D eigenvalue weighted by Crippen LogP contribution is -2.39. The Morgan fingerprint density at radius 1 is 1.12 bits per heavy atom. The number of amides is 1. The summed E-state index contributed by atoms with van der Waals surface area (Å²) in [4.78, 5) is 14.9. The Morgan fingerprint density at radius 2 is 1.81 bits per heavy atom. The molecular weight excluding hydrogens is 328 g/mol. The minimum atomic E-state index is -0.599. The molecule has 26 heavy (non-hydrogen) atoms. The first-order valence-corrected chi connectivity index (χ1v) is 8.67. The molecule has 1 amide bonds. The van der Waals surface area contributed by atoms with Gasteiger partial charge in [0.2, 0.25) is 0 Å². The zero-order chi connectivity index (χ0) is 17.9. The molecule has 1 aliphatic rings. The number of rotatable bonds is 4. The summed E-state index contributed by atoms with van der Waals surface area (Å²) in [6, 6.07) is 19.5. The number of methoxy groups -OCH3 is 1. The highest BCUT2D eigenvalue weighted by Crippen LogP contribution is 2.31. The van der Waals surface area contributed by atoms with Gasteiger partial charge in [-0.05, 0) is 5.56 Å². The molecule has 1 atom stereocenters. The van der Waals surface area contributed by atoms with Gasteiger partial charge in [-0.25, -0.2) is 0 Å². The summed E-state index contributed by atoms with van der Waals surface area (Å²) in [7, 11) is 1.57. The van der Waals surface area contributed by atoms with Crippen LogP contribution in [0.3, 0.4) is 0 Å². The van der Waals surface area contributed by atoms with E-state index in [9.17, 15) is 4.79 Å². The Kier molecular flexibility index (Phi) is 4.54. The van der Waals surface area contributed by atoms with Gasteiger partial charge in [-0.3, -0.25) is 4.79 Å². The molecule has 132 valence electrons. The fourth-order valence-electron chi connectivity index (χ4n) is 3.39. The third-order valence-electron chi connectivity index (χ3n) is 4.75. The molecule has 3 aromatic rings. The Balaban J connectivity index is 1.60. The van der Waals surface area contributed by atoms with Crippen molar-refractivity contribution in [1.82, 2.24) is 10.1 Å². The fraction of sp³-hybridized carbons (Fsp3) is 0.238. The summed E-state index contributed by atoms with van der Waals surface area (Å²) in [6.07, 6.45) is 0.0596. The van der Waals surface area contributed by atoms with E-state index in [0.717, 1.165) is 28.1 Å². The van der Waals surface area contributed by atoms with Gasteiger partial charge in [0, 0.05) is 31.2 Å². The molecule has 0 saturated carbocycles. The Bertz CT molecular complexity index is 890. The average Bonchev–Trinajstić information content (AvgIpc) is 3.13. The van der Waals surface area contributed by atoms with Gasteiger partial charge in [-0.2, -0.15) is 0 Å². The van der Waals surface area contributed by atoms with Gasteiger partial charge in [0.1, 0.15) is 11.5 Å². The number of benzene rings is 2. The molecule has 2 heterocycles. The number of aromatic nitrogens is 1. The van der Waals surface area contributed by atoms with Gasteiger partial charge in [-0.1, -0.05) is 65.8 Å². The van der Waals surface area contributed by atoms with Crippen molar-refractivity contribution < 1.29 is 14.1 Å². The molecular formula is C21H20N2O3. The normalized spacial score (nSPS) is 14.7. The number of hydrogen-bond acceptors (Lipinski definition) is 4. The largest absolute Gasteiger partial charge is 0.367 e. The maximum Gasteiger partial charge on any atom is 0.256 e. The van der Waals surface area contributed by atoms with E-state index in [2.05, 4.69) is 5.16 Å². The van der Waals surface area contributed by atoms with E-state index in [1.165, 1.54) is 0 Å². The summed E-state index contributed by atoms with van der Waals surface area (Å²) in [5.41, 5.74) is 3.66. The second-order valence-electron chi connectivity index (χ2n) is 6.34. The lowest BCUT2D eigenvalue weighted by molar-refractivity contribution is -0.143. The minimum Gasteiger partial charge on any atom is -0.367 e. The van der Waals surface area contributed by atoms with Crippen LogP contribution in [0, 0.1) is 0 Å². The van der Waals surface area contributed by atoms with Crippen molar-refractivity contribution in [3.8, 4) is 11.3 Å². The van der Waals surface area contributed by atoms with E-state index in [0.29, 0.717) is 19.5 Å². The first-order valence-electron chi connectivity index (χ1n) is 8.67. The molecule has 1 aliphatic heterocycles. The van der Waals surface area contributed by atoms with Crippen LogP contribution >= 0.6 is 0 Å². The SMILES string of the molecule is CO[C@@H](C(=O)N1CCc2onc(-c3ccccc3)c2C1)c1ccccc1. The highest BCUT2D eigenvalue weighted by molar-refractivity contribution is 5.83. The van der Waals surface area contributed by atoms with Crippen molar-refractivity contribution in [2.75, 3.05) is 13.7 Å². The van der Waals surface area contributed by atoms with Gasteiger partial charge in [0.15, 0.2) is 6.10 Å². The summed E-state index contributed by atoms with van der Waals surface area (Å²) in [5.74, 6) is 0.825. The van der Waals surface area contributed by atoms with Crippen molar-refractivity contribution in [2.45, 2.75) is 19.1 Å². The quantitative estimate of drug-likeness (QED) is 0.723. The predicted molar refractivity (Wildman–Crippen MR) is 97.3 cm³/mol.